The van der Waals surface area contributed by atoms with Gasteiger partial charge in [-0.2, -0.15) is 0 Å². The summed E-state index contributed by atoms with van der Waals surface area (Å²) in [7, 11) is 4.92. The second kappa shape index (κ2) is 6.61. The average Bonchev–Trinajstić information content (AvgIpc) is 2.35. The molecule has 1 rings (SSSR count). The lowest BCUT2D eigenvalue weighted by molar-refractivity contribution is 0.0980. The molecule has 0 amide bonds. The van der Waals surface area contributed by atoms with E-state index in [1.165, 1.54) is 7.11 Å². The molecule has 17 heavy (non-hydrogen) atoms. The minimum atomic E-state index is 0.0413. The number of halogens is 1. The van der Waals surface area contributed by atoms with Crippen LogP contribution in [0.15, 0.2) is 16.6 Å². The number of ether oxygens (including phenoxy) is 2. The summed E-state index contributed by atoms with van der Waals surface area (Å²) in [4.78, 5) is 12.0. The van der Waals surface area contributed by atoms with Crippen LogP contribution in [0.2, 0.25) is 0 Å². The molecule has 4 nitrogen and oxygen atoms in total. The number of methoxy groups -OCH3 is 2. The summed E-state index contributed by atoms with van der Waals surface area (Å²) in [6.45, 7) is 0.644. The Morgan fingerprint density at radius 3 is 2.59 bits per heavy atom. The van der Waals surface area contributed by atoms with Crippen LogP contribution in [0.25, 0.3) is 0 Å². The van der Waals surface area contributed by atoms with Crippen LogP contribution < -0.4 is 14.8 Å². The van der Waals surface area contributed by atoms with Crippen molar-refractivity contribution in [2.75, 3.05) is 27.8 Å². The molecular weight excluding hydrogens is 286 g/mol. The predicted molar refractivity (Wildman–Crippen MR) is 70.1 cm³/mol. The van der Waals surface area contributed by atoms with Gasteiger partial charge >= 0.3 is 0 Å². The standard InChI is InChI=1S/C12H16BrNO3/c1-14-7-6-9(15)8-4-5-10(16-2)11(13)12(8)17-3/h4-5,14H,6-7H2,1-3H3. The number of hydrogen-bond donors (Lipinski definition) is 1. The number of carbonyl (C=O) groups excluding carboxylic acids is 1. The monoisotopic (exact) mass is 301 g/mol. The fraction of sp³-hybridized carbons (Fsp3) is 0.417. The van der Waals surface area contributed by atoms with Crippen molar-refractivity contribution in [2.45, 2.75) is 6.42 Å². The van der Waals surface area contributed by atoms with Crippen LogP contribution in [-0.2, 0) is 0 Å². The average molecular weight is 302 g/mol. The van der Waals surface area contributed by atoms with Crippen molar-refractivity contribution >= 4 is 21.7 Å². The Hall–Kier alpha value is -1.07. The SMILES string of the molecule is CNCCC(=O)c1ccc(OC)c(Br)c1OC. The molecule has 0 heterocycles. The largest absolute Gasteiger partial charge is 0.495 e. The van der Waals surface area contributed by atoms with E-state index < -0.39 is 0 Å². The first-order valence-corrected chi connectivity index (χ1v) is 6.03. The van der Waals surface area contributed by atoms with Gasteiger partial charge in [0.2, 0.25) is 0 Å². The fourth-order valence-electron chi connectivity index (χ4n) is 1.49. The molecule has 0 bridgehead atoms. The fourth-order valence-corrected chi connectivity index (χ4v) is 2.16. The van der Waals surface area contributed by atoms with Crippen LogP contribution in [0.4, 0.5) is 0 Å². The first kappa shape index (κ1) is 14.0. The first-order chi connectivity index (χ1) is 8.15. The third-order valence-corrected chi connectivity index (χ3v) is 3.14. The molecule has 0 saturated heterocycles. The summed E-state index contributed by atoms with van der Waals surface area (Å²) in [5, 5.41) is 2.94. The number of carbonyl (C=O) groups is 1. The highest BCUT2D eigenvalue weighted by Gasteiger charge is 2.17. The summed E-state index contributed by atoms with van der Waals surface area (Å²) in [6, 6.07) is 3.47. The maximum atomic E-state index is 12.0. The first-order valence-electron chi connectivity index (χ1n) is 5.24. The maximum Gasteiger partial charge on any atom is 0.167 e. The number of nitrogens with one attached hydrogen (secondary N) is 1. The number of rotatable bonds is 6. The molecule has 1 aromatic rings. The van der Waals surface area contributed by atoms with Crippen molar-refractivity contribution < 1.29 is 14.3 Å². The van der Waals surface area contributed by atoms with Gasteiger partial charge in [-0.25, -0.2) is 0 Å². The second-order valence-corrected chi connectivity index (χ2v) is 4.23. The van der Waals surface area contributed by atoms with Gasteiger partial charge in [0.05, 0.1) is 19.8 Å². The zero-order valence-electron chi connectivity index (χ0n) is 10.2. The Bertz CT molecular complexity index is 407. The lowest BCUT2D eigenvalue weighted by Crippen LogP contribution is -2.13. The highest BCUT2D eigenvalue weighted by Crippen LogP contribution is 2.37. The molecule has 0 aliphatic rings. The maximum absolute atomic E-state index is 12.0. The third-order valence-electron chi connectivity index (χ3n) is 2.39. The molecule has 94 valence electrons. The number of ketones is 1. The van der Waals surface area contributed by atoms with Crippen molar-refractivity contribution in [3.8, 4) is 11.5 Å². The molecule has 1 N–H and O–H groups in total. The summed E-state index contributed by atoms with van der Waals surface area (Å²) in [6.07, 6.45) is 0.436. The molecule has 0 fully saturated rings. The molecule has 1 aromatic carbocycles. The van der Waals surface area contributed by atoms with Crippen molar-refractivity contribution in [2.24, 2.45) is 0 Å². The van der Waals surface area contributed by atoms with E-state index in [0.29, 0.717) is 34.5 Å². The van der Waals surface area contributed by atoms with E-state index in [2.05, 4.69) is 21.2 Å². The van der Waals surface area contributed by atoms with Gasteiger partial charge in [-0.3, -0.25) is 4.79 Å². The third kappa shape index (κ3) is 3.20. The van der Waals surface area contributed by atoms with Crippen molar-refractivity contribution in [3.05, 3.63) is 22.2 Å². The quantitative estimate of drug-likeness (QED) is 0.819. The Morgan fingerprint density at radius 1 is 1.35 bits per heavy atom. The molecule has 0 radical (unpaired) electrons. The van der Waals surface area contributed by atoms with Crippen LogP contribution >= 0.6 is 15.9 Å². The van der Waals surface area contributed by atoms with Crippen LogP contribution in [0.3, 0.4) is 0 Å². The van der Waals surface area contributed by atoms with Gasteiger partial charge in [0.25, 0.3) is 0 Å². The Labute approximate surface area is 109 Å². The number of hydrogen-bond acceptors (Lipinski definition) is 4. The van der Waals surface area contributed by atoms with Crippen molar-refractivity contribution in [1.82, 2.24) is 5.32 Å². The highest BCUT2D eigenvalue weighted by molar-refractivity contribution is 9.10. The topological polar surface area (TPSA) is 47.6 Å². The Morgan fingerprint density at radius 2 is 2.06 bits per heavy atom. The molecule has 0 atom stereocenters. The van der Waals surface area contributed by atoms with Gasteiger partial charge < -0.3 is 14.8 Å². The van der Waals surface area contributed by atoms with Gasteiger partial charge in [0, 0.05) is 13.0 Å². The van der Waals surface area contributed by atoms with E-state index in [0.717, 1.165) is 0 Å². The van der Waals surface area contributed by atoms with Gasteiger partial charge in [0.1, 0.15) is 16.0 Å². The van der Waals surface area contributed by atoms with Gasteiger partial charge in [-0.1, -0.05) is 0 Å². The molecule has 0 saturated carbocycles. The number of benzene rings is 1. The Balaban J connectivity index is 3.07. The normalized spacial score (nSPS) is 10.1. The molecule has 0 aliphatic heterocycles. The molecule has 0 aromatic heterocycles. The minimum Gasteiger partial charge on any atom is -0.495 e. The lowest BCUT2D eigenvalue weighted by atomic mass is 10.1. The van der Waals surface area contributed by atoms with E-state index in [1.54, 1.807) is 19.2 Å². The van der Waals surface area contributed by atoms with Crippen molar-refractivity contribution in [3.63, 3.8) is 0 Å². The summed E-state index contributed by atoms with van der Waals surface area (Å²) >= 11 is 3.37. The predicted octanol–water partition coefficient (Wildman–Crippen LogP) is 2.26. The van der Waals surface area contributed by atoms with E-state index in [-0.39, 0.29) is 5.78 Å². The minimum absolute atomic E-state index is 0.0413. The zero-order valence-corrected chi connectivity index (χ0v) is 11.8. The molecule has 0 unspecified atom stereocenters. The second-order valence-electron chi connectivity index (χ2n) is 3.44. The van der Waals surface area contributed by atoms with E-state index in [4.69, 9.17) is 9.47 Å². The zero-order chi connectivity index (χ0) is 12.8. The smallest absolute Gasteiger partial charge is 0.167 e. The van der Waals surface area contributed by atoms with Crippen LogP contribution in [0, 0.1) is 0 Å². The summed E-state index contributed by atoms with van der Waals surface area (Å²) < 4.78 is 11.1. The van der Waals surface area contributed by atoms with E-state index in [9.17, 15) is 4.79 Å². The van der Waals surface area contributed by atoms with Crippen LogP contribution in [0.5, 0.6) is 11.5 Å². The summed E-state index contributed by atoms with van der Waals surface area (Å²) in [5.74, 6) is 1.21. The van der Waals surface area contributed by atoms with Crippen LogP contribution in [0.1, 0.15) is 16.8 Å². The molecule has 0 spiro atoms. The van der Waals surface area contributed by atoms with Crippen LogP contribution in [-0.4, -0.2) is 33.6 Å². The molecule has 5 heteroatoms. The van der Waals surface area contributed by atoms with Gasteiger partial charge in [-0.15, -0.1) is 0 Å². The Kier molecular flexibility index (Phi) is 5.44. The number of Topliss-reactive ketones (excluding diaryl/α,β-unsaturated/α-hetero) is 1. The van der Waals surface area contributed by atoms with Gasteiger partial charge in [-0.05, 0) is 35.1 Å². The van der Waals surface area contributed by atoms with E-state index in [1.807, 2.05) is 7.05 Å². The molecular formula is C12H16BrNO3. The van der Waals surface area contributed by atoms with Gasteiger partial charge in [0.15, 0.2) is 5.78 Å². The highest BCUT2D eigenvalue weighted by atomic mass is 79.9. The van der Waals surface area contributed by atoms with E-state index >= 15 is 0 Å². The lowest BCUT2D eigenvalue weighted by Gasteiger charge is -2.12. The molecule has 0 aliphatic carbocycles. The van der Waals surface area contributed by atoms with Crippen molar-refractivity contribution in [1.29, 1.82) is 0 Å². The summed E-state index contributed by atoms with van der Waals surface area (Å²) in [5.41, 5.74) is 0.565.